The molecule has 0 saturated carbocycles. The van der Waals surface area contributed by atoms with Crippen molar-refractivity contribution in [3.63, 3.8) is 0 Å². The number of hydrogen-bond acceptors (Lipinski definition) is 12. The molecule has 0 saturated heterocycles. The average molecular weight is 1270 g/mol. The van der Waals surface area contributed by atoms with E-state index >= 15 is 0 Å². The zero-order valence-electron chi connectivity index (χ0n) is 52.3. The summed E-state index contributed by atoms with van der Waals surface area (Å²) in [6.07, 6.45) is 38.1. The zero-order chi connectivity index (χ0) is 63.5. The standard InChI is InChI=1S/C24H38O5S.C23H36O5S.C22H34O5S/c25-23(26)17-10-8-6-4-2-1-3-5-7-9-13-20-30-22-16-12-11-15-21(22)29-19-14-18-24(27)28;24-22(25)16-9-7-5-3-1-2-4-6-8-12-19-29-21-15-11-10-14-20(21)28-18-13-17-23(26)27;23-21(24)15-8-6-4-2-1-3-5-7-11-18-28-20-14-10-9-13-19(20)27-17-12-16-22(25)26/h11-12,15-16H,1-10,13-14,17-20H2,(H,25,26)(H,27,28);10-11,14-15H,1-9,12-13,16-19H2,(H,24,25)(H,26,27);9-10,13-14H,1-8,11-12,15-18H2,(H,23,24)(H,25,26). The summed E-state index contributed by atoms with van der Waals surface area (Å²) in [6.45, 7) is 1.30. The van der Waals surface area contributed by atoms with Crippen molar-refractivity contribution in [2.24, 2.45) is 0 Å². The molecule has 87 heavy (non-hydrogen) atoms. The van der Waals surface area contributed by atoms with Crippen molar-refractivity contribution in [2.45, 2.75) is 265 Å². The molecule has 3 rings (SSSR count). The lowest BCUT2D eigenvalue weighted by atomic mass is 10.1. The van der Waals surface area contributed by atoms with Gasteiger partial charge in [0, 0.05) is 53.2 Å². The predicted octanol–water partition coefficient (Wildman–Crippen LogP) is 19.2. The molecule has 0 aliphatic carbocycles. The Morgan fingerprint density at radius 2 is 0.414 bits per heavy atom. The average Bonchev–Trinajstić information content (AvgIpc) is 3.69. The first-order valence-electron chi connectivity index (χ1n) is 32.6. The van der Waals surface area contributed by atoms with Crippen molar-refractivity contribution in [2.75, 3.05) is 37.1 Å². The Hall–Kier alpha value is -5.07. The number of thioether (sulfide) groups is 3. The van der Waals surface area contributed by atoms with Crippen molar-refractivity contribution >= 4 is 71.1 Å². The number of aliphatic carboxylic acids is 6. The van der Waals surface area contributed by atoms with Crippen LogP contribution in [0.5, 0.6) is 17.2 Å². The van der Waals surface area contributed by atoms with E-state index < -0.39 is 35.8 Å². The van der Waals surface area contributed by atoms with E-state index in [1.54, 1.807) is 11.8 Å². The van der Waals surface area contributed by atoms with Crippen molar-refractivity contribution in [1.29, 1.82) is 0 Å². The molecular formula is C69H108O15S3. The van der Waals surface area contributed by atoms with E-state index in [0.717, 1.165) is 107 Å². The van der Waals surface area contributed by atoms with Crippen LogP contribution >= 0.6 is 35.3 Å². The number of para-hydroxylation sites is 3. The zero-order valence-corrected chi connectivity index (χ0v) is 54.8. The minimum atomic E-state index is -0.788. The monoisotopic (exact) mass is 1270 g/mol. The fraction of sp³-hybridized carbons (Fsp3) is 0.652. The summed E-state index contributed by atoms with van der Waals surface area (Å²) in [5.74, 6) is 1.35. The summed E-state index contributed by atoms with van der Waals surface area (Å²) in [6, 6.07) is 23.9. The van der Waals surface area contributed by atoms with Crippen LogP contribution in [0.4, 0.5) is 0 Å². The fourth-order valence-electron chi connectivity index (χ4n) is 9.21. The Bertz CT molecular complexity index is 2210. The van der Waals surface area contributed by atoms with Gasteiger partial charge in [-0.1, -0.05) is 190 Å². The molecular weight excluding hydrogens is 1160 g/mol. The van der Waals surface area contributed by atoms with Gasteiger partial charge < -0.3 is 44.8 Å². The van der Waals surface area contributed by atoms with E-state index in [9.17, 15) is 28.8 Å². The number of carboxylic acid groups (broad SMARTS) is 6. The van der Waals surface area contributed by atoms with Gasteiger partial charge in [0.2, 0.25) is 0 Å². The second kappa shape index (κ2) is 58.6. The van der Waals surface area contributed by atoms with Crippen molar-refractivity contribution < 1.29 is 73.6 Å². The molecule has 0 heterocycles. The molecule has 0 amide bonds. The highest BCUT2D eigenvalue weighted by atomic mass is 32.2. The SMILES string of the molecule is O=C(O)CCCCCCCCCCCCCSc1ccccc1OCCCC(=O)O.O=C(O)CCCCCCCCCCCCSc1ccccc1OCCCC(=O)O.O=C(O)CCCCCCCCCCCSc1ccccc1OCCCC(=O)O. The first-order chi connectivity index (χ1) is 42.3. The third kappa shape index (κ3) is 53.7. The second-order valence-electron chi connectivity index (χ2n) is 22.0. The molecule has 15 nitrogen and oxygen atoms in total. The van der Waals surface area contributed by atoms with Gasteiger partial charge in [-0.25, -0.2) is 0 Å². The topological polar surface area (TPSA) is 251 Å². The number of benzene rings is 3. The molecule has 18 heteroatoms. The Morgan fingerprint density at radius 1 is 0.241 bits per heavy atom. The van der Waals surface area contributed by atoms with Crippen LogP contribution in [0.25, 0.3) is 0 Å². The minimum absolute atomic E-state index is 0.137. The maximum atomic E-state index is 10.6. The maximum absolute atomic E-state index is 10.6. The molecule has 492 valence electrons. The van der Waals surface area contributed by atoms with E-state index in [4.69, 9.17) is 44.8 Å². The normalized spacial score (nSPS) is 10.8. The highest BCUT2D eigenvalue weighted by Gasteiger charge is 2.09. The van der Waals surface area contributed by atoms with E-state index in [0.29, 0.717) is 58.3 Å². The van der Waals surface area contributed by atoms with E-state index in [1.807, 2.05) is 78.1 Å². The van der Waals surface area contributed by atoms with Crippen LogP contribution < -0.4 is 14.2 Å². The Labute approximate surface area is 534 Å². The van der Waals surface area contributed by atoms with Gasteiger partial charge in [0.25, 0.3) is 0 Å². The van der Waals surface area contributed by atoms with Crippen LogP contribution in [0.2, 0.25) is 0 Å². The second-order valence-corrected chi connectivity index (χ2v) is 25.4. The smallest absolute Gasteiger partial charge is 0.303 e. The van der Waals surface area contributed by atoms with Gasteiger partial charge in [0.15, 0.2) is 0 Å². The number of carboxylic acids is 6. The van der Waals surface area contributed by atoms with Crippen molar-refractivity contribution in [1.82, 2.24) is 0 Å². The molecule has 3 aromatic rings. The molecule has 6 N–H and O–H groups in total. The lowest BCUT2D eigenvalue weighted by Gasteiger charge is -2.10. The first-order valence-corrected chi connectivity index (χ1v) is 35.6. The third-order valence-electron chi connectivity index (χ3n) is 14.1. The van der Waals surface area contributed by atoms with E-state index in [2.05, 4.69) is 18.2 Å². The lowest BCUT2D eigenvalue weighted by Crippen LogP contribution is -2.02. The summed E-state index contributed by atoms with van der Waals surface area (Å²) >= 11 is 5.43. The van der Waals surface area contributed by atoms with Gasteiger partial charge >= 0.3 is 35.8 Å². The molecule has 0 spiro atoms. The molecule has 3 aromatic carbocycles. The van der Waals surface area contributed by atoms with Gasteiger partial charge in [-0.15, -0.1) is 35.3 Å². The van der Waals surface area contributed by atoms with Gasteiger partial charge in [0.1, 0.15) is 17.2 Å². The van der Waals surface area contributed by atoms with Crippen LogP contribution in [0.1, 0.15) is 250 Å². The maximum Gasteiger partial charge on any atom is 0.303 e. The Morgan fingerprint density at radius 3 is 0.621 bits per heavy atom. The predicted molar refractivity (Wildman–Crippen MR) is 354 cm³/mol. The highest BCUT2D eigenvalue weighted by molar-refractivity contribution is 7.99. The van der Waals surface area contributed by atoms with Crippen LogP contribution in [0.3, 0.4) is 0 Å². The summed E-state index contributed by atoms with van der Waals surface area (Å²) in [5.41, 5.74) is 0. The molecule has 0 aliphatic heterocycles. The molecule has 0 fully saturated rings. The van der Waals surface area contributed by atoms with Gasteiger partial charge in [-0.05, 0) is 111 Å². The number of hydrogen-bond donors (Lipinski definition) is 6. The van der Waals surface area contributed by atoms with Gasteiger partial charge in [-0.3, -0.25) is 28.8 Å². The third-order valence-corrected chi connectivity index (χ3v) is 17.5. The molecule has 0 aromatic heterocycles. The highest BCUT2D eigenvalue weighted by Crippen LogP contribution is 2.33. The molecule has 0 aliphatic rings. The first kappa shape index (κ1) is 79.9. The van der Waals surface area contributed by atoms with Crippen LogP contribution in [-0.4, -0.2) is 104 Å². The summed E-state index contributed by atoms with van der Waals surface area (Å²) in [5, 5.41) is 51.8. The summed E-state index contributed by atoms with van der Waals surface area (Å²) in [4.78, 5) is 66.3. The number of carbonyl (C=O) groups is 6. The number of unbranched alkanes of at least 4 members (excludes halogenated alkanes) is 27. The van der Waals surface area contributed by atoms with E-state index in [1.165, 1.54) is 135 Å². The van der Waals surface area contributed by atoms with E-state index in [-0.39, 0.29) is 19.3 Å². The number of rotatable bonds is 57. The van der Waals surface area contributed by atoms with Crippen molar-refractivity contribution in [3.8, 4) is 17.2 Å². The molecule has 0 bridgehead atoms. The minimum Gasteiger partial charge on any atom is -0.492 e. The summed E-state index contributed by atoms with van der Waals surface area (Å²) in [7, 11) is 0. The Balaban J connectivity index is 0.000000653. The lowest BCUT2D eigenvalue weighted by molar-refractivity contribution is -0.138. The van der Waals surface area contributed by atoms with Crippen LogP contribution in [0.15, 0.2) is 87.5 Å². The van der Waals surface area contributed by atoms with Gasteiger partial charge in [0.05, 0.1) is 19.8 Å². The van der Waals surface area contributed by atoms with Crippen LogP contribution in [-0.2, 0) is 28.8 Å². The quantitative estimate of drug-likeness (QED) is 0.0227. The van der Waals surface area contributed by atoms with Crippen molar-refractivity contribution in [3.05, 3.63) is 72.8 Å². The Kier molecular flexibility index (Phi) is 53.8. The van der Waals surface area contributed by atoms with Gasteiger partial charge in [-0.2, -0.15) is 0 Å². The van der Waals surface area contributed by atoms with Crippen LogP contribution in [0, 0.1) is 0 Å². The largest absolute Gasteiger partial charge is 0.492 e. The molecule has 0 unspecified atom stereocenters. The number of ether oxygens (including phenoxy) is 3. The summed E-state index contributed by atoms with van der Waals surface area (Å²) < 4.78 is 17.2. The molecule has 0 radical (unpaired) electrons. The molecule has 0 atom stereocenters. The fourth-order valence-corrected chi connectivity index (χ4v) is 12.2.